The van der Waals surface area contributed by atoms with Crippen molar-refractivity contribution in [3.05, 3.63) is 114 Å². The number of nitrogens with one attached hydrogen (secondary N) is 2. The fraction of sp³-hybridized carbons (Fsp3) is 0.243. The van der Waals surface area contributed by atoms with E-state index in [2.05, 4.69) is 49.9 Å². The number of anilines is 1. The van der Waals surface area contributed by atoms with E-state index in [-0.39, 0.29) is 42.0 Å². The Balaban J connectivity index is 0.815. The maximum atomic E-state index is 13.1. The quantitative estimate of drug-likeness (QED) is 0.200. The molecule has 2 fully saturated rings. The Morgan fingerprint density at radius 1 is 0.804 bits per heavy atom. The molecule has 3 aromatic carbocycles. The van der Waals surface area contributed by atoms with E-state index in [0.29, 0.717) is 23.1 Å². The molecule has 1 saturated heterocycles. The molecule has 8 rings (SSSR count). The number of nitrogens with zero attached hydrogens (tertiary/aromatic N) is 6. The summed E-state index contributed by atoms with van der Waals surface area (Å²) in [6.45, 7) is 2.15. The lowest BCUT2D eigenvalue weighted by molar-refractivity contribution is -0.136. The predicted octanol–water partition coefficient (Wildman–Crippen LogP) is 4.42. The van der Waals surface area contributed by atoms with Crippen LogP contribution in [0.3, 0.4) is 0 Å². The van der Waals surface area contributed by atoms with Gasteiger partial charge in [0.2, 0.25) is 11.8 Å². The molecule has 51 heavy (non-hydrogen) atoms. The first-order chi connectivity index (χ1) is 24.8. The van der Waals surface area contributed by atoms with Gasteiger partial charge in [-0.25, -0.2) is 9.97 Å². The van der Waals surface area contributed by atoms with Gasteiger partial charge >= 0.3 is 0 Å². The average molecular weight is 685 g/mol. The van der Waals surface area contributed by atoms with Crippen LogP contribution in [0.25, 0.3) is 5.95 Å². The van der Waals surface area contributed by atoms with Crippen LogP contribution in [0.1, 0.15) is 70.4 Å². The van der Waals surface area contributed by atoms with Crippen molar-refractivity contribution in [2.75, 3.05) is 5.32 Å². The number of amides is 4. The Morgan fingerprint density at radius 3 is 2.12 bits per heavy atom. The predicted molar refractivity (Wildman–Crippen MR) is 182 cm³/mol. The maximum Gasteiger partial charge on any atom is 0.268 e. The summed E-state index contributed by atoms with van der Waals surface area (Å²) >= 11 is 0. The number of hydrogen-bond acceptors (Lipinski definition) is 11. The number of benzene rings is 3. The Kier molecular flexibility index (Phi) is 8.18. The van der Waals surface area contributed by atoms with Crippen molar-refractivity contribution in [3.8, 4) is 23.2 Å². The molecule has 256 valence electrons. The molecule has 2 aromatic heterocycles. The van der Waals surface area contributed by atoms with Crippen LogP contribution in [0.5, 0.6) is 17.2 Å². The lowest BCUT2D eigenvalue weighted by Crippen LogP contribution is -2.54. The number of fused-ring (bicyclic) bond motifs is 1. The van der Waals surface area contributed by atoms with E-state index in [1.807, 2.05) is 36.4 Å². The molecule has 0 radical (unpaired) electrons. The first-order valence-corrected chi connectivity index (χ1v) is 16.6. The number of rotatable bonds is 10. The smallest absolute Gasteiger partial charge is 0.268 e. The zero-order valence-corrected chi connectivity index (χ0v) is 27.4. The summed E-state index contributed by atoms with van der Waals surface area (Å²) in [5.41, 5.74) is 3.52. The van der Waals surface area contributed by atoms with Crippen molar-refractivity contribution in [2.24, 2.45) is 0 Å². The number of imide groups is 2. The highest BCUT2D eigenvalue weighted by atomic mass is 16.5. The van der Waals surface area contributed by atoms with Gasteiger partial charge in [0.05, 0.1) is 35.9 Å². The minimum Gasteiger partial charge on any atom is -0.490 e. The van der Waals surface area contributed by atoms with Crippen LogP contribution in [0.4, 0.5) is 5.69 Å². The van der Waals surface area contributed by atoms with Crippen molar-refractivity contribution in [2.45, 2.75) is 56.7 Å². The number of piperidine rings is 1. The van der Waals surface area contributed by atoms with Crippen molar-refractivity contribution in [1.29, 1.82) is 0 Å². The molecular weight excluding hydrogens is 652 g/mol. The van der Waals surface area contributed by atoms with Gasteiger partial charge in [0.15, 0.2) is 5.75 Å². The Labute approximate surface area is 291 Å². The summed E-state index contributed by atoms with van der Waals surface area (Å²) in [7, 11) is 0. The van der Waals surface area contributed by atoms with Gasteiger partial charge in [-0.05, 0) is 60.0 Å². The number of ether oxygens (including phenoxy) is 2. The van der Waals surface area contributed by atoms with Crippen LogP contribution in [0.2, 0.25) is 0 Å². The second-order valence-corrected chi connectivity index (χ2v) is 12.8. The second-order valence-electron chi connectivity index (χ2n) is 12.8. The summed E-state index contributed by atoms with van der Waals surface area (Å²) in [5.74, 6) is 0.420. The fourth-order valence-corrected chi connectivity index (χ4v) is 6.54. The van der Waals surface area contributed by atoms with Gasteiger partial charge in [-0.1, -0.05) is 31.2 Å². The van der Waals surface area contributed by atoms with Gasteiger partial charge in [-0.3, -0.25) is 29.4 Å². The topological polar surface area (TPSA) is 171 Å². The van der Waals surface area contributed by atoms with Crippen LogP contribution in [0, 0.1) is 0 Å². The number of carbonyl (C=O) groups is 4. The lowest BCUT2D eigenvalue weighted by Gasteiger charge is -2.36. The van der Waals surface area contributed by atoms with Crippen molar-refractivity contribution < 1.29 is 28.7 Å². The van der Waals surface area contributed by atoms with Gasteiger partial charge in [0.25, 0.3) is 17.8 Å². The van der Waals surface area contributed by atoms with Crippen LogP contribution in [-0.2, 0) is 9.59 Å². The third-order valence-corrected chi connectivity index (χ3v) is 9.42. The zero-order valence-electron chi connectivity index (χ0n) is 27.4. The van der Waals surface area contributed by atoms with Crippen LogP contribution in [0.15, 0.2) is 91.5 Å². The molecule has 1 saturated carbocycles. The highest BCUT2D eigenvalue weighted by molar-refractivity contribution is 6.23. The monoisotopic (exact) mass is 684 g/mol. The molecule has 2 unspecified atom stereocenters. The number of hydrogen-bond donors (Lipinski definition) is 2. The van der Waals surface area contributed by atoms with Crippen LogP contribution >= 0.6 is 0 Å². The van der Waals surface area contributed by atoms with E-state index in [4.69, 9.17) is 9.47 Å². The molecule has 0 spiro atoms. The fourth-order valence-electron chi connectivity index (χ4n) is 6.54. The van der Waals surface area contributed by atoms with Gasteiger partial charge in [-0.2, -0.15) is 10.2 Å². The molecule has 4 heterocycles. The summed E-state index contributed by atoms with van der Waals surface area (Å²) in [6, 6.07) is 20.2. The summed E-state index contributed by atoms with van der Waals surface area (Å²) in [4.78, 5) is 60.8. The molecule has 5 aromatic rings. The Bertz CT molecular complexity index is 2110. The maximum absolute atomic E-state index is 13.1. The minimum absolute atomic E-state index is 0.0443. The van der Waals surface area contributed by atoms with Crippen molar-refractivity contribution in [3.63, 3.8) is 0 Å². The van der Waals surface area contributed by atoms with E-state index in [1.54, 1.807) is 43.0 Å². The molecule has 2 aliphatic heterocycles. The Morgan fingerprint density at radius 2 is 1.45 bits per heavy atom. The highest BCUT2D eigenvalue weighted by Gasteiger charge is 2.44. The molecule has 0 bridgehead atoms. The normalized spacial score (nSPS) is 20.3. The standard InChI is InChI=1S/C37H32N8O6/c1-21(23-4-9-27(10-5-23)51-29-19-38-37(39-20-29)45-40-14-15-41-45)22-2-7-26(8-3-22)50-28-16-25(17-28)42-24-6-11-30-31(18-24)36(49)44(35(30)48)32-12-13-33(46)43-34(32)47/h2-11,14-15,18-21,25,28,32,42H,12-13,16-17H2,1H3,(H,43,46,47)/t21?,25-,28-,32?. The van der Waals surface area contributed by atoms with E-state index in [9.17, 15) is 19.2 Å². The molecule has 2 atom stereocenters. The van der Waals surface area contributed by atoms with Crippen molar-refractivity contribution in [1.82, 2.24) is 35.2 Å². The van der Waals surface area contributed by atoms with E-state index in [1.165, 1.54) is 4.80 Å². The summed E-state index contributed by atoms with van der Waals surface area (Å²) in [6.07, 6.45) is 8.07. The molecule has 4 amide bonds. The summed E-state index contributed by atoms with van der Waals surface area (Å²) in [5, 5.41) is 13.7. The zero-order chi connectivity index (χ0) is 35.1. The van der Waals surface area contributed by atoms with E-state index in [0.717, 1.165) is 34.6 Å². The SMILES string of the molecule is CC(c1ccc(Oc2cnc(-n3nccn3)nc2)cc1)c1ccc(O[C@H]2C[C@H](Nc3ccc4c(c3)C(=O)N(C3CCC(=O)NC3=O)C4=O)C2)cc1. The van der Waals surface area contributed by atoms with Crippen LogP contribution < -0.4 is 20.1 Å². The molecule has 3 aliphatic rings. The molecule has 2 N–H and O–H groups in total. The molecule has 14 heteroatoms. The first-order valence-electron chi connectivity index (χ1n) is 16.6. The van der Waals surface area contributed by atoms with Crippen molar-refractivity contribution >= 4 is 29.3 Å². The van der Waals surface area contributed by atoms with Crippen LogP contribution in [-0.4, -0.2) is 71.7 Å². The number of aromatic nitrogens is 5. The van der Waals surface area contributed by atoms with E-state index < -0.39 is 29.7 Å². The van der Waals surface area contributed by atoms with Gasteiger partial charge in [0.1, 0.15) is 23.6 Å². The first kappa shape index (κ1) is 31.8. The average Bonchev–Trinajstić information content (AvgIpc) is 3.75. The largest absolute Gasteiger partial charge is 0.490 e. The summed E-state index contributed by atoms with van der Waals surface area (Å²) < 4.78 is 12.1. The lowest BCUT2D eigenvalue weighted by atomic mass is 9.88. The third kappa shape index (κ3) is 6.38. The molecule has 1 aliphatic carbocycles. The Hall–Kier alpha value is -6.44. The van der Waals surface area contributed by atoms with E-state index >= 15 is 0 Å². The van der Waals surface area contributed by atoms with Gasteiger partial charge < -0.3 is 14.8 Å². The molecular formula is C37H32N8O6. The minimum atomic E-state index is -0.987. The third-order valence-electron chi connectivity index (χ3n) is 9.42. The highest BCUT2D eigenvalue weighted by Crippen LogP contribution is 2.34. The molecule has 14 nitrogen and oxygen atoms in total. The second kappa shape index (κ2) is 13.1. The van der Waals surface area contributed by atoms with Gasteiger partial charge in [0, 0.05) is 36.9 Å². The number of carbonyl (C=O) groups excluding carboxylic acids is 4. The van der Waals surface area contributed by atoms with Gasteiger partial charge in [-0.15, -0.1) is 4.80 Å².